The highest BCUT2D eigenvalue weighted by molar-refractivity contribution is 5.69. The number of carbonyl (C=O) groups is 1. The van der Waals surface area contributed by atoms with Crippen LogP contribution in [0.25, 0.3) is 0 Å². The number of ether oxygens (including phenoxy) is 2. The lowest BCUT2D eigenvalue weighted by molar-refractivity contribution is -0.149. The van der Waals surface area contributed by atoms with Crippen LogP contribution >= 0.6 is 0 Å². The van der Waals surface area contributed by atoms with E-state index in [0.29, 0.717) is 25.7 Å². The molecule has 4 nitrogen and oxygen atoms in total. The molecule has 0 aromatic heterocycles. The average Bonchev–Trinajstić information content (AvgIpc) is 2.21. The highest BCUT2D eigenvalue weighted by Crippen LogP contribution is 2.13. The molecule has 0 radical (unpaired) electrons. The van der Waals surface area contributed by atoms with Gasteiger partial charge in [0.05, 0.1) is 25.7 Å². The van der Waals surface area contributed by atoms with Gasteiger partial charge in [-0.15, -0.1) is 0 Å². The number of esters is 1. The molecule has 15 heavy (non-hydrogen) atoms. The normalized spacial score (nSPS) is 27.7. The summed E-state index contributed by atoms with van der Waals surface area (Å²) in [6, 6.07) is 0.452. The van der Waals surface area contributed by atoms with Gasteiger partial charge in [0.1, 0.15) is 0 Å². The molecule has 1 fully saturated rings. The molecule has 0 aromatic rings. The fourth-order valence-electron chi connectivity index (χ4n) is 1.85. The van der Waals surface area contributed by atoms with Crippen molar-refractivity contribution in [1.29, 1.82) is 0 Å². The molecule has 0 spiro atoms. The molecule has 4 heteroatoms. The molecule has 0 aliphatic carbocycles. The Morgan fingerprint density at radius 2 is 2.27 bits per heavy atom. The van der Waals surface area contributed by atoms with E-state index in [0.717, 1.165) is 13.1 Å². The second-order valence-corrected chi connectivity index (χ2v) is 3.90. The van der Waals surface area contributed by atoms with E-state index >= 15 is 0 Å². The minimum atomic E-state index is -0.159. The minimum absolute atomic E-state index is 0.000185. The quantitative estimate of drug-likeness (QED) is 0.657. The van der Waals surface area contributed by atoms with Crippen molar-refractivity contribution in [1.82, 2.24) is 4.90 Å². The topological polar surface area (TPSA) is 38.8 Å². The van der Waals surface area contributed by atoms with Gasteiger partial charge >= 0.3 is 5.97 Å². The summed E-state index contributed by atoms with van der Waals surface area (Å²) in [5, 5.41) is 0. The van der Waals surface area contributed by atoms with E-state index in [9.17, 15) is 4.79 Å². The summed E-state index contributed by atoms with van der Waals surface area (Å²) in [7, 11) is 0. The Kier molecular flexibility index (Phi) is 5.05. The van der Waals surface area contributed by atoms with Gasteiger partial charge < -0.3 is 9.47 Å². The van der Waals surface area contributed by atoms with Gasteiger partial charge in [-0.2, -0.15) is 0 Å². The van der Waals surface area contributed by atoms with Crippen molar-refractivity contribution in [3.63, 3.8) is 0 Å². The summed E-state index contributed by atoms with van der Waals surface area (Å²) in [5.74, 6) is -0.159. The first-order chi connectivity index (χ1) is 7.17. The average molecular weight is 215 g/mol. The molecule has 1 rings (SSSR count). The predicted molar refractivity (Wildman–Crippen MR) is 57.7 cm³/mol. The van der Waals surface area contributed by atoms with Crippen molar-refractivity contribution in [2.45, 2.75) is 39.3 Å². The molecule has 0 N–H and O–H groups in total. The van der Waals surface area contributed by atoms with Crippen LogP contribution in [0.2, 0.25) is 0 Å². The van der Waals surface area contributed by atoms with Crippen LogP contribution in [0.5, 0.6) is 0 Å². The maximum atomic E-state index is 11.3. The highest BCUT2D eigenvalue weighted by Gasteiger charge is 2.26. The summed E-state index contributed by atoms with van der Waals surface area (Å²) >= 11 is 0. The number of hydrogen-bond acceptors (Lipinski definition) is 4. The zero-order chi connectivity index (χ0) is 11.3. The smallest absolute Gasteiger partial charge is 0.308 e. The zero-order valence-electron chi connectivity index (χ0n) is 9.86. The van der Waals surface area contributed by atoms with Crippen LogP contribution < -0.4 is 0 Å². The Morgan fingerprint density at radius 3 is 2.87 bits per heavy atom. The van der Waals surface area contributed by atoms with E-state index in [4.69, 9.17) is 9.47 Å². The largest absolute Gasteiger partial charge is 0.466 e. The van der Waals surface area contributed by atoms with Gasteiger partial charge in [0, 0.05) is 12.6 Å². The second kappa shape index (κ2) is 6.08. The molecule has 88 valence electrons. The molecular formula is C11H21NO3. The Bertz CT molecular complexity index is 208. The summed E-state index contributed by atoms with van der Waals surface area (Å²) in [4.78, 5) is 13.6. The van der Waals surface area contributed by atoms with Crippen LogP contribution in [0.15, 0.2) is 0 Å². The molecule has 0 saturated carbocycles. The van der Waals surface area contributed by atoms with E-state index in [1.165, 1.54) is 0 Å². The SMILES string of the molecule is CCOC(=O)C[C@H]1CN(CC)[C@H](C)CO1. The third kappa shape index (κ3) is 3.80. The maximum absolute atomic E-state index is 11.3. The van der Waals surface area contributed by atoms with Crippen LogP contribution in [0, 0.1) is 0 Å². The number of morpholine rings is 1. The van der Waals surface area contributed by atoms with E-state index < -0.39 is 0 Å². The van der Waals surface area contributed by atoms with E-state index in [1.54, 1.807) is 0 Å². The first-order valence-corrected chi connectivity index (χ1v) is 5.68. The second-order valence-electron chi connectivity index (χ2n) is 3.90. The maximum Gasteiger partial charge on any atom is 0.308 e. The first kappa shape index (κ1) is 12.5. The van der Waals surface area contributed by atoms with Gasteiger partial charge in [-0.3, -0.25) is 9.69 Å². The van der Waals surface area contributed by atoms with Crippen molar-refractivity contribution >= 4 is 5.97 Å². The highest BCUT2D eigenvalue weighted by atomic mass is 16.5. The molecular weight excluding hydrogens is 194 g/mol. The molecule has 0 amide bonds. The van der Waals surface area contributed by atoms with Gasteiger partial charge in [-0.25, -0.2) is 0 Å². The Labute approximate surface area is 91.5 Å². The fourth-order valence-corrected chi connectivity index (χ4v) is 1.85. The molecule has 2 atom stereocenters. The van der Waals surface area contributed by atoms with Crippen molar-refractivity contribution < 1.29 is 14.3 Å². The molecule has 1 saturated heterocycles. The molecule has 1 aliphatic heterocycles. The van der Waals surface area contributed by atoms with Crippen LogP contribution in [-0.4, -0.2) is 49.3 Å². The predicted octanol–water partition coefficient (Wildman–Crippen LogP) is 1.05. The molecule has 0 bridgehead atoms. The van der Waals surface area contributed by atoms with Crippen LogP contribution in [0.3, 0.4) is 0 Å². The van der Waals surface area contributed by atoms with Gasteiger partial charge in [0.2, 0.25) is 0 Å². The van der Waals surface area contributed by atoms with E-state index in [-0.39, 0.29) is 12.1 Å². The fraction of sp³-hybridized carbons (Fsp3) is 0.909. The van der Waals surface area contributed by atoms with Crippen molar-refractivity contribution in [3.05, 3.63) is 0 Å². The lowest BCUT2D eigenvalue weighted by atomic mass is 10.1. The first-order valence-electron chi connectivity index (χ1n) is 5.68. The van der Waals surface area contributed by atoms with Crippen molar-refractivity contribution in [2.24, 2.45) is 0 Å². The van der Waals surface area contributed by atoms with Gasteiger partial charge in [0.15, 0.2) is 0 Å². The Balaban J connectivity index is 2.34. The lowest BCUT2D eigenvalue weighted by Gasteiger charge is -2.36. The molecule has 0 unspecified atom stereocenters. The summed E-state index contributed by atoms with van der Waals surface area (Å²) in [6.45, 7) is 9.07. The molecule has 1 heterocycles. The standard InChI is InChI=1S/C11H21NO3/c1-4-12-7-10(15-8-9(12)3)6-11(13)14-5-2/h9-10H,4-8H2,1-3H3/t9-,10+/m1/s1. The summed E-state index contributed by atoms with van der Waals surface area (Å²) < 4.78 is 10.5. The summed E-state index contributed by atoms with van der Waals surface area (Å²) in [6.07, 6.45) is 0.372. The van der Waals surface area contributed by atoms with Crippen molar-refractivity contribution in [2.75, 3.05) is 26.3 Å². The number of rotatable bonds is 4. The Hall–Kier alpha value is -0.610. The number of likely N-dealkylation sites (N-methyl/N-ethyl adjacent to an activating group) is 1. The number of hydrogen-bond donors (Lipinski definition) is 0. The third-order valence-corrected chi connectivity index (χ3v) is 2.74. The third-order valence-electron chi connectivity index (χ3n) is 2.74. The van der Waals surface area contributed by atoms with Crippen molar-refractivity contribution in [3.8, 4) is 0 Å². The summed E-state index contributed by atoms with van der Waals surface area (Å²) in [5.41, 5.74) is 0. The van der Waals surface area contributed by atoms with Gasteiger partial charge in [-0.1, -0.05) is 6.92 Å². The molecule has 1 aliphatic rings. The minimum Gasteiger partial charge on any atom is -0.466 e. The van der Waals surface area contributed by atoms with E-state index in [2.05, 4.69) is 18.7 Å². The van der Waals surface area contributed by atoms with Crippen LogP contribution in [-0.2, 0) is 14.3 Å². The number of carbonyl (C=O) groups excluding carboxylic acids is 1. The van der Waals surface area contributed by atoms with E-state index in [1.807, 2.05) is 6.92 Å². The van der Waals surface area contributed by atoms with Gasteiger partial charge in [-0.05, 0) is 20.4 Å². The van der Waals surface area contributed by atoms with Crippen LogP contribution in [0.1, 0.15) is 27.2 Å². The zero-order valence-corrected chi connectivity index (χ0v) is 9.86. The lowest BCUT2D eigenvalue weighted by Crippen LogP contribution is -2.48. The van der Waals surface area contributed by atoms with Gasteiger partial charge in [0.25, 0.3) is 0 Å². The molecule has 0 aromatic carbocycles. The van der Waals surface area contributed by atoms with Crippen LogP contribution in [0.4, 0.5) is 0 Å². The number of nitrogens with zero attached hydrogens (tertiary/aromatic N) is 1. The Morgan fingerprint density at radius 1 is 1.53 bits per heavy atom. The monoisotopic (exact) mass is 215 g/mol.